The predicted molar refractivity (Wildman–Crippen MR) is 85.6 cm³/mol. The first kappa shape index (κ1) is 15.9. The minimum absolute atomic E-state index is 0.169. The van der Waals surface area contributed by atoms with Gasteiger partial charge >= 0.3 is 0 Å². The largest absolute Gasteiger partial charge is 0.506 e. The summed E-state index contributed by atoms with van der Waals surface area (Å²) in [6.07, 6.45) is 5.12. The average molecular weight is 316 g/mol. The molecular weight excluding hydrogens is 293 g/mol. The van der Waals surface area contributed by atoms with Crippen molar-refractivity contribution in [1.82, 2.24) is 4.90 Å². The van der Waals surface area contributed by atoms with Gasteiger partial charge in [-0.3, -0.25) is 4.90 Å². The number of rotatable bonds is 5. The number of benzene rings is 1. The maximum absolute atomic E-state index is 10.1. The Morgan fingerprint density at radius 2 is 1.90 bits per heavy atom. The van der Waals surface area contributed by atoms with E-state index in [4.69, 9.17) is 23.2 Å². The molecule has 1 saturated carbocycles. The summed E-state index contributed by atoms with van der Waals surface area (Å²) in [6.45, 7) is 6.21. The first-order chi connectivity index (χ1) is 9.47. The van der Waals surface area contributed by atoms with E-state index >= 15 is 0 Å². The van der Waals surface area contributed by atoms with Crippen LogP contribution in [0.1, 0.15) is 45.1 Å². The van der Waals surface area contributed by atoms with Crippen LogP contribution in [-0.4, -0.2) is 22.6 Å². The Bertz CT molecular complexity index is 456. The monoisotopic (exact) mass is 315 g/mol. The third-order valence-corrected chi connectivity index (χ3v) is 4.43. The van der Waals surface area contributed by atoms with E-state index in [1.807, 2.05) is 6.07 Å². The van der Waals surface area contributed by atoms with E-state index in [2.05, 4.69) is 18.7 Å². The van der Waals surface area contributed by atoms with Crippen LogP contribution in [0, 0.1) is 5.92 Å². The number of halogens is 2. The van der Waals surface area contributed by atoms with Gasteiger partial charge in [0.15, 0.2) is 0 Å². The third kappa shape index (κ3) is 4.03. The van der Waals surface area contributed by atoms with Crippen LogP contribution in [-0.2, 0) is 6.54 Å². The summed E-state index contributed by atoms with van der Waals surface area (Å²) in [5.74, 6) is 0.773. The standard InChI is InChI=1S/C16H23Cl2NO/c1-11(2)9-19(14-5-3-4-6-14)10-12-7-13(17)8-15(18)16(12)20/h7-8,11,14,20H,3-6,9-10H2,1-2H3. The molecule has 1 aliphatic carbocycles. The first-order valence-electron chi connectivity index (χ1n) is 7.38. The zero-order valence-corrected chi connectivity index (χ0v) is 13.7. The lowest BCUT2D eigenvalue weighted by atomic mass is 10.1. The summed E-state index contributed by atoms with van der Waals surface area (Å²) in [4.78, 5) is 2.47. The summed E-state index contributed by atoms with van der Waals surface area (Å²) in [5, 5.41) is 11.0. The minimum Gasteiger partial charge on any atom is -0.506 e. The van der Waals surface area contributed by atoms with Crippen molar-refractivity contribution >= 4 is 23.2 Å². The Labute approximate surface area is 131 Å². The highest BCUT2D eigenvalue weighted by atomic mass is 35.5. The van der Waals surface area contributed by atoms with Gasteiger partial charge in [-0.25, -0.2) is 0 Å². The lowest BCUT2D eigenvalue weighted by molar-refractivity contribution is 0.167. The summed E-state index contributed by atoms with van der Waals surface area (Å²) in [6, 6.07) is 4.03. The zero-order chi connectivity index (χ0) is 14.7. The number of phenolic OH excluding ortho intramolecular Hbond substituents is 1. The van der Waals surface area contributed by atoms with Crippen molar-refractivity contribution in [2.75, 3.05) is 6.54 Å². The van der Waals surface area contributed by atoms with Gasteiger partial charge in [0.2, 0.25) is 0 Å². The fraction of sp³-hybridized carbons (Fsp3) is 0.625. The van der Waals surface area contributed by atoms with E-state index < -0.39 is 0 Å². The molecule has 2 nitrogen and oxygen atoms in total. The highest BCUT2D eigenvalue weighted by Crippen LogP contribution is 2.34. The average Bonchev–Trinajstić information content (AvgIpc) is 2.87. The molecular formula is C16H23Cl2NO. The SMILES string of the molecule is CC(C)CN(Cc1cc(Cl)cc(Cl)c1O)C1CCCC1. The van der Waals surface area contributed by atoms with Crippen LogP contribution in [0.3, 0.4) is 0 Å². The van der Waals surface area contributed by atoms with Crippen molar-refractivity contribution in [3.8, 4) is 5.75 Å². The quantitative estimate of drug-likeness (QED) is 0.817. The number of aromatic hydroxyl groups is 1. The van der Waals surface area contributed by atoms with Gasteiger partial charge in [0.1, 0.15) is 5.75 Å². The van der Waals surface area contributed by atoms with Gasteiger partial charge in [-0.1, -0.05) is 49.9 Å². The molecule has 0 aromatic heterocycles. The molecule has 112 valence electrons. The van der Waals surface area contributed by atoms with Gasteiger partial charge in [-0.05, 0) is 30.9 Å². The van der Waals surface area contributed by atoms with Gasteiger partial charge in [0.05, 0.1) is 5.02 Å². The molecule has 0 unspecified atom stereocenters. The van der Waals surface area contributed by atoms with Crippen molar-refractivity contribution in [2.24, 2.45) is 5.92 Å². The van der Waals surface area contributed by atoms with Crippen LogP contribution in [0.2, 0.25) is 10.0 Å². The van der Waals surface area contributed by atoms with Gasteiger partial charge in [-0.15, -0.1) is 0 Å². The van der Waals surface area contributed by atoms with Gasteiger partial charge in [0.25, 0.3) is 0 Å². The molecule has 1 N–H and O–H groups in total. The molecule has 0 bridgehead atoms. The Morgan fingerprint density at radius 3 is 2.50 bits per heavy atom. The molecule has 1 aromatic rings. The highest BCUT2D eigenvalue weighted by molar-refractivity contribution is 6.35. The third-order valence-electron chi connectivity index (χ3n) is 3.92. The van der Waals surface area contributed by atoms with Gasteiger partial charge < -0.3 is 5.11 Å². The Morgan fingerprint density at radius 1 is 1.25 bits per heavy atom. The molecule has 1 aliphatic rings. The highest BCUT2D eigenvalue weighted by Gasteiger charge is 2.24. The molecule has 2 rings (SSSR count). The number of nitrogens with zero attached hydrogens (tertiary/aromatic N) is 1. The molecule has 1 fully saturated rings. The molecule has 0 heterocycles. The van der Waals surface area contributed by atoms with Crippen molar-refractivity contribution < 1.29 is 5.11 Å². The van der Waals surface area contributed by atoms with E-state index in [0.29, 0.717) is 22.0 Å². The summed E-state index contributed by atoms with van der Waals surface area (Å²) in [7, 11) is 0. The lowest BCUT2D eigenvalue weighted by Crippen LogP contribution is -2.35. The van der Waals surface area contributed by atoms with Crippen LogP contribution < -0.4 is 0 Å². The second-order valence-corrected chi connectivity index (χ2v) is 7.00. The number of hydrogen-bond acceptors (Lipinski definition) is 2. The van der Waals surface area contributed by atoms with Crippen LogP contribution in [0.25, 0.3) is 0 Å². The van der Waals surface area contributed by atoms with Crippen molar-refractivity contribution in [2.45, 2.75) is 52.1 Å². The molecule has 0 spiro atoms. The second kappa shape index (κ2) is 7.02. The molecule has 0 amide bonds. The van der Waals surface area contributed by atoms with Crippen LogP contribution in [0.15, 0.2) is 12.1 Å². The molecule has 4 heteroatoms. The van der Waals surface area contributed by atoms with Crippen molar-refractivity contribution in [3.05, 3.63) is 27.7 Å². The van der Waals surface area contributed by atoms with E-state index in [0.717, 1.165) is 18.7 Å². The van der Waals surface area contributed by atoms with Crippen LogP contribution >= 0.6 is 23.2 Å². The smallest absolute Gasteiger partial charge is 0.138 e. The summed E-state index contributed by atoms with van der Waals surface area (Å²) < 4.78 is 0. The Balaban J connectivity index is 2.18. The van der Waals surface area contributed by atoms with Gasteiger partial charge in [0, 0.05) is 29.7 Å². The van der Waals surface area contributed by atoms with Crippen molar-refractivity contribution in [3.63, 3.8) is 0 Å². The Hall–Kier alpha value is -0.440. The Kier molecular flexibility index (Phi) is 5.59. The topological polar surface area (TPSA) is 23.5 Å². The molecule has 1 aromatic carbocycles. The second-order valence-electron chi connectivity index (χ2n) is 6.16. The maximum Gasteiger partial charge on any atom is 0.138 e. The van der Waals surface area contributed by atoms with E-state index in [-0.39, 0.29) is 5.75 Å². The molecule has 0 radical (unpaired) electrons. The normalized spacial score (nSPS) is 16.5. The predicted octanol–water partition coefficient (Wildman–Crippen LogP) is 5.10. The zero-order valence-electron chi connectivity index (χ0n) is 12.2. The molecule has 20 heavy (non-hydrogen) atoms. The van der Waals surface area contributed by atoms with E-state index in [1.54, 1.807) is 6.07 Å². The lowest BCUT2D eigenvalue weighted by Gasteiger charge is -2.30. The van der Waals surface area contributed by atoms with Crippen molar-refractivity contribution in [1.29, 1.82) is 0 Å². The fourth-order valence-electron chi connectivity index (χ4n) is 3.04. The molecule has 0 saturated heterocycles. The van der Waals surface area contributed by atoms with Gasteiger partial charge in [-0.2, -0.15) is 0 Å². The van der Waals surface area contributed by atoms with E-state index in [1.165, 1.54) is 25.7 Å². The summed E-state index contributed by atoms with van der Waals surface area (Å²) in [5.41, 5.74) is 0.829. The first-order valence-corrected chi connectivity index (χ1v) is 8.14. The summed E-state index contributed by atoms with van der Waals surface area (Å²) >= 11 is 12.1. The molecule has 0 atom stereocenters. The maximum atomic E-state index is 10.1. The fourth-order valence-corrected chi connectivity index (χ4v) is 3.58. The minimum atomic E-state index is 0.169. The number of phenols is 1. The van der Waals surface area contributed by atoms with Crippen LogP contribution in [0.4, 0.5) is 0 Å². The van der Waals surface area contributed by atoms with Crippen LogP contribution in [0.5, 0.6) is 5.75 Å². The molecule has 0 aliphatic heterocycles. The number of hydrogen-bond donors (Lipinski definition) is 1. The van der Waals surface area contributed by atoms with E-state index in [9.17, 15) is 5.11 Å².